The van der Waals surface area contributed by atoms with Crippen molar-refractivity contribution < 1.29 is 0 Å². The van der Waals surface area contributed by atoms with Crippen molar-refractivity contribution in [2.75, 3.05) is 13.6 Å². The molecule has 0 aromatic heterocycles. The summed E-state index contributed by atoms with van der Waals surface area (Å²) in [6.45, 7) is 1.20. The van der Waals surface area contributed by atoms with Crippen molar-refractivity contribution in [3.63, 3.8) is 0 Å². The smallest absolute Gasteiger partial charge is 0.0903 e. The lowest BCUT2D eigenvalue weighted by Crippen LogP contribution is -2.42. The Morgan fingerprint density at radius 2 is 1.90 bits per heavy atom. The zero-order chi connectivity index (χ0) is 13.7. The Hall–Kier alpha value is -0.700. The van der Waals surface area contributed by atoms with Gasteiger partial charge in [0, 0.05) is 31.6 Å². The Morgan fingerprint density at radius 1 is 1.20 bits per heavy atom. The first-order valence-electron chi connectivity index (χ1n) is 7.92. The Labute approximate surface area is 130 Å². The van der Waals surface area contributed by atoms with Gasteiger partial charge in [-0.25, -0.2) is 0 Å². The van der Waals surface area contributed by atoms with Gasteiger partial charge in [0.1, 0.15) is 0 Å². The van der Waals surface area contributed by atoms with Crippen LogP contribution in [0, 0.1) is 11.3 Å². The summed E-state index contributed by atoms with van der Waals surface area (Å²) >= 11 is 3.86. The monoisotopic (exact) mass is 334 g/mol. The highest BCUT2D eigenvalue weighted by atomic mass is 79.9. The molecule has 5 aliphatic rings. The summed E-state index contributed by atoms with van der Waals surface area (Å²) in [5.41, 5.74) is 2.00. The summed E-state index contributed by atoms with van der Waals surface area (Å²) in [5, 5.41) is 0. The van der Waals surface area contributed by atoms with Crippen LogP contribution >= 0.6 is 15.9 Å². The molecule has 0 amide bonds. The third kappa shape index (κ3) is 1.97. The fourth-order valence-corrected chi connectivity index (χ4v) is 5.13. The van der Waals surface area contributed by atoms with Crippen LogP contribution in [0.5, 0.6) is 0 Å². The largest absolute Gasteiger partial charge is 0.370 e. The van der Waals surface area contributed by atoms with Crippen molar-refractivity contribution >= 4 is 15.9 Å². The molecule has 3 heteroatoms. The molecule has 20 heavy (non-hydrogen) atoms. The van der Waals surface area contributed by atoms with Crippen molar-refractivity contribution in [2.45, 2.75) is 44.6 Å². The first-order chi connectivity index (χ1) is 9.67. The number of nitrogens with zero attached hydrogens (tertiary/aromatic N) is 2. The lowest BCUT2D eigenvalue weighted by atomic mass is 9.60. The molecule has 0 saturated heterocycles. The molecule has 0 N–H and O–H groups in total. The van der Waals surface area contributed by atoms with E-state index < -0.39 is 0 Å². The van der Waals surface area contributed by atoms with Crippen molar-refractivity contribution in [2.24, 2.45) is 11.3 Å². The van der Waals surface area contributed by atoms with Gasteiger partial charge in [-0.15, -0.1) is 0 Å². The first-order valence-corrected chi connectivity index (χ1v) is 8.71. The van der Waals surface area contributed by atoms with Gasteiger partial charge >= 0.3 is 0 Å². The number of hydrogen-bond donors (Lipinski definition) is 0. The van der Waals surface area contributed by atoms with E-state index in [1.165, 1.54) is 55.2 Å². The minimum absolute atomic E-state index is 0.431. The predicted molar refractivity (Wildman–Crippen MR) is 86.1 cm³/mol. The summed E-state index contributed by atoms with van der Waals surface area (Å²) in [4.78, 5) is 4.73. The molecule has 2 heterocycles. The second-order valence-corrected chi connectivity index (χ2v) is 7.87. The lowest BCUT2D eigenvalue weighted by Gasteiger charge is -2.49. The van der Waals surface area contributed by atoms with Gasteiger partial charge in [-0.2, -0.15) is 0 Å². The molecule has 2 bridgehead atoms. The van der Waals surface area contributed by atoms with Gasteiger partial charge in [0.15, 0.2) is 0 Å². The molecule has 3 aliphatic carbocycles. The summed E-state index contributed by atoms with van der Waals surface area (Å²) < 4.78 is 1.28. The first kappa shape index (κ1) is 13.0. The number of fused-ring (bicyclic) bond motifs is 4. The van der Waals surface area contributed by atoms with Crippen LogP contribution < -0.4 is 0 Å². The third-order valence-electron chi connectivity index (χ3n) is 5.94. The lowest BCUT2D eigenvalue weighted by molar-refractivity contribution is 0.0471. The maximum atomic E-state index is 3.86. The van der Waals surface area contributed by atoms with Crippen LogP contribution in [0.25, 0.3) is 0 Å². The highest BCUT2D eigenvalue weighted by molar-refractivity contribution is 9.11. The van der Waals surface area contributed by atoms with E-state index >= 15 is 0 Å². The van der Waals surface area contributed by atoms with E-state index in [0.717, 1.165) is 5.92 Å². The number of likely N-dealkylation sites (N-methyl/N-ethyl adjacent to an activating group) is 1. The molecule has 0 aromatic rings. The fraction of sp³-hybridized carbons (Fsp3) is 0.647. The van der Waals surface area contributed by atoms with Crippen molar-refractivity contribution in [3.8, 4) is 0 Å². The second kappa shape index (κ2) is 4.66. The zero-order valence-electron chi connectivity index (χ0n) is 12.2. The second-order valence-electron chi connectivity index (χ2n) is 7.12. The number of hydrogen-bond acceptors (Lipinski definition) is 2. The highest BCUT2D eigenvalue weighted by Gasteiger charge is 2.42. The molecule has 108 valence electrons. The average molecular weight is 335 g/mol. The van der Waals surface area contributed by atoms with Crippen molar-refractivity contribution in [1.82, 2.24) is 9.80 Å². The standard InChI is InChI=1S/C17H23BrN2/c1-19-10-5-14-15(19)6-11-20(16(14)18)12-17-7-2-13(3-8-17)4-9-17/h5-6,10-11,13,15H,2-4,7-9,12H2,1H3. The van der Waals surface area contributed by atoms with Gasteiger partial charge in [0.05, 0.1) is 10.6 Å². The molecule has 3 fully saturated rings. The molecular formula is C17H23BrN2. The summed E-state index contributed by atoms with van der Waals surface area (Å²) in [7, 11) is 2.15. The highest BCUT2D eigenvalue weighted by Crippen LogP contribution is 2.51. The minimum Gasteiger partial charge on any atom is -0.370 e. The Bertz CT molecular complexity index is 483. The molecule has 0 aromatic carbocycles. The molecule has 2 nitrogen and oxygen atoms in total. The summed E-state index contributed by atoms with van der Waals surface area (Å²) in [6, 6.07) is 0.431. The Morgan fingerprint density at radius 3 is 2.60 bits per heavy atom. The van der Waals surface area contributed by atoms with Gasteiger partial charge in [0.2, 0.25) is 0 Å². The number of rotatable bonds is 2. The van der Waals surface area contributed by atoms with Crippen molar-refractivity contribution in [3.05, 3.63) is 34.7 Å². The maximum Gasteiger partial charge on any atom is 0.0903 e. The average Bonchev–Trinajstić information content (AvgIpc) is 2.86. The summed E-state index contributed by atoms with van der Waals surface area (Å²) in [6.07, 6.45) is 17.8. The Kier molecular flexibility index (Phi) is 3.03. The molecule has 3 saturated carbocycles. The maximum absolute atomic E-state index is 3.86. The van der Waals surface area contributed by atoms with Crippen molar-refractivity contribution in [1.29, 1.82) is 0 Å². The van der Waals surface area contributed by atoms with Gasteiger partial charge in [-0.05, 0) is 77.9 Å². The molecule has 0 radical (unpaired) electrons. The van der Waals surface area contributed by atoms with Gasteiger partial charge in [0.25, 0.3) is 0 Å². The van der Waals surface area contributed by atoms with Gasteiger partial charge in [-0.1, -0.05) is 0 Å². The normalized spacial score (nSPS) is 38.9. The van der Waals surface area contributed by atoms with Crippen LogP contribution in [0.3, 0.4) is 0 Å². The van der Waals surface area contributed by atoms with E-state index in [2.05, 4.69) is 57.3 Å². The van der Waals surface area contributed by atoms with Crippen LogP contribution in [0.1, 0.15) is 38.5 Å². The molecular weight excluding hydrogens is 312 g/mol. The van der Waals surface area contributed by atoms with Gasteiger partial charge < -0.3 is 9.80 Å². The van der Waals surface area contributed by atoms with E-state index in [0.29, 0.717) is 11.5 Å². The molecule has 0 spiro atoms. The van der Waals surface area contributed by atoms with Crippen LogP contribution in [0.4, 0.5) is 0 Å². The Balaban J connectivity index is 1.55. The van der Waals surface area contributed by atoms with E-state index in [4.69, 9.17) is 0 Å². The predicted octanol–water partition coefficient (Wildman–Crippen LogP) is 4.22. The fourth-order valence-electron chi connectivity index (χ4n) is 4.52. The molecule has 1 atom stereocenters. The quantitative estimate of drug-likeness (QED) is 0.697. The summed E-state index contributed by atoms with van der Waals surface area (Å²) in [5.74, 6) is 1.05. The van der Waals surface area contributed by atoms with E-state index in [1.807, 2.05) is 0 Å². The number of halogens is 1. The van der Waals surface area contributed by atoms with E-state index in [9.17, 15) is 0 Å². The topological polar surface area (TPSA) is 6.48 Å². The van der Waals surface area contributed by atoms with Crippen LogP contribution in [-0.2, 0) is 0 Å². The van der Waals surface area contributed by atoms with Crippen LogP contribution in [0.2, 0.25) is 0 Å². The van der Waals surface area contributed by atoms with E-state index in [1.54, 1.807) is 0 Å². The third-order valence-corrected chi connectivity index (χ3v) is 6.85. The van der Waals surface area contributed by atoms with E-state index in [-0.39, 0.29) is 0 Å². The SMILES string of the molecule is CN1C=CC2=C(Br)N(CC34CCC(CC3)CC4)C=CC21. The van der Waals surface area contributed by atoms with Gasteiger partial charge in [-0.3, -0.25) is 0 Å². The van der Waals surface area contributed by atoms with Crippen LogP contribution in [0.15, 0.2) is 34.7 Å². The molecule has 1 unspecified atom stereocenters. The van der Waals surface area contributed by atoms with Crippen LogP contribution in [-0.4, -0.2) is 29.4 Å². The zero-order valence-corrected chi connectivity index (χ0v) is 13.8. The molecule has 2 aliphatic heterocycles. The molecule has 5 rings (SSSR count). The minimum atomic E-state index is 0.431.